The maximum Gasteiger partial charge on any atom is 0.233 e. The molecule has 1 aromatic heterocycles. The van der Waals surface area contributed by atoms with E-state index in [2.05, 4.69) is 24.0 Å². The number of nitrogens with zero attached hydrogens (tertiary/aromatic N) is 4. The van der Waals surface area contributed by atoms with E-state index in [1.807, 2.05) is 24.3 Å². The zero-order valence-electron chi connectivity index (χ0n) is 18.1. The second kappa shape index (κ2) is 10.7. The van der Waals surface area contributed by atoms with Gasteiger partial charge in [-0.2, -0.15) is 0 Å². The fourth-order valence-electron chi connectivity index (χ4n) is 2.85. The SMILES string of the molecule is CC(C)c1ccc(OCc2nnc(SCC(=O)N(C)Cc3c(F)cccc3Cl)n2N)cc1. The first-order chi connectivity index (χ1) is 15.3. The largest absolute Gasteiger partial charge is 0.486 e. The fraction of sp³-hybridized carbons (Fsp3) is 0.318. The number of carbonyl (C=O) groups is 1. The van der Waals surface area contributed by atoms with Crippen molar-refractivity contribution in [2.24, 2.45) is 0 Å². The maximum absolute atomic E-state index is 14.0. The Labute approximate surface area is 195 Å². The highest BCUT2D eigenvalue weighted by Crippen LogP contribution is 2.22. The summed E-state index contributed by atoms with van der Waals surface area (Å²) >= 11 is 7.18. The molecule has 7 nitrogen and oxygen atoms in total. The molecule has 0 fully saturated rings. The second-order valence-corrected chi connectivity index (χ2v) is 8.87. The topological polar surface area (TPSA) is 86.3 Å². The summed E-state index contributed by atoms with van der Waals surface area (Å²) in [6.45, 7) is 4.47. The van der Waals surface area contributed by atoms with Gasteiger partial charge in [0, 0.05) is 24.2 Å². The van der Waals surface area contributed by atoms with E-state index < -0.39 is 5.82 Å². The molecule has 3 rings (SSSR count). The van der Waals surface area contributed by atoms with Crippen molar-refractivity contribution in [3.8, 4) is 5.75 Å². The summed E-state index contributed by atoms with van der Waals surface area (Å²) in [7, 11) is 1.59. The van der Waals surface area contributed by atoms with Gasteiger partial charge in [0.15, 0.2) is 5.82 Å². The monoisotopic (exact) mass is 477 g/mol. The number of hydrogen-bond acceptors (Lipinski definition) is 6. The van der Waals surface area contributed by atoms with Gasteiger partial charge in [-0.1, -0.05) is 55.4 Å². The molecule has 2 N–H and O–H groups in total. The van der Waals surface area contributed by atoms with E-state index in [0.717, 1.165) is 11.8 Å². The molecule has 0 atom stereocenters. The third kappa shape index (κ3) is 5.92. The molecule has 32 heavy (non-hydrogen) atoms. The minimum atomic E-state index is -0.449. The lowest BCUT2D eigenvalue weighted by Crippen LogP contribution is -2.28. The Hall–Kier alpha value is -2.78. The van der Waals surface area contributed by atoms with Gasteiger partial charge in [-0.3, -0.25) is 4.79 Å². The van der Waals surface area contributed by atoms with E-state index in [4.69, 9.17) is 22.2 Å². The lowest BCUT2D eigenvalue weighted by Gasteiger charge is -2.18. The molecule has 0 saturated heterocycles. The summed E-state index contributed by atoms with van der Waals surface area (Å²) in [6.07, 6.45) is 0. The van der Waals surface area contributed by atoms with Gasteiger partial charge in [0.1, 0.15) is 18.2 Å². The predicted molar refractivity (Wildman–Crippen MR) is 124 cm³/mol. The first-order valence-corrected chi connectivity index (χ1v) is 11.3. The molecule has 0 spiro atoms. The van der Waals surface area contributed by atoms with Gasteiger partial charge in [0.25, 0.3) is 0 Å². The van der Waals surface area contributed by atoms with Gasteiger partial charge in [-0.15, -0.1) is 10.2 Å². The van der Waals surface area contributed by atoms with Crippen LogP contribution in [0.2, 0.25) is 5.02 Å². The number of ether oxygens (including phenoxy) is 1. The van der Waals surface area contributed by atoms with Crippen LogP contribution in [0.4, 0.5) is 4.39 Å². The quantitative estimate of drug-likeness (QED) is 0.366. The number of hydrogen-bond donors (Lipinski definition) is 1. The molecule has 0 bridgehead atoms. The number of carbonyl (C=O) groups excluding carboxylic acids is 1. The van der Waals surface area contributed by atoms with Crippen molar-refractivity contribution >= 4 is 29.3 Å². The summed E-state index contributed by atoms with van der Waals surface area (Å²) in [4.78, 5) is 13.9. The highest BCUT2D eigenvalue weighted by molar-refractivity contribution is 7.99. The van der Waals surface area contributed by atoms with E-state index in [9.17, 15) is 9.18 Å². The molecule has 2 aromatic carbocycles. The number of rotatable bonds is 9. The predicted octanol–water partition coefficient (Wildman–Crippen LogP) is 4.24. The summed E-state index contributed by atoms with van der Waals surface area (Å²) < 4.78 is 21.0. The Morgan fingerprint density at radius 3 is 2.62 bits per heavy atom. The van der Waals surface area contributed by atoms with Crippen LogP contribution in [0.1, 0.15) is 36.7 Å². The van der Waals surface area contributed by atoms with Crippen LogP contribution in [-0.4, -0.2) is 38.5 Å². The van der Waals surface area contributed by atoms with E-state index in [1.54, 1.807) is 13.1 Å². The number of amides is 1. The van der Waals surface area contributed by atoms with Crippen LogP contribution >= 0.6 is 23.4 Å². The molecule has 10 heteroatoms. The zero-order valence-corrected chi connectivity index (χ0v) is 19.7. The number of nitrogens with two attached hydrogens (primary N) is 1. The van der Waals surface area contributed by atoms with Gasteiger partial charge in [0.2, 0.25) is 11.1 Å². The second-order valence-electron chi connectivity index (χ2n) is 7.52. The molecule has 1 amide bonds. The average Bonchev–Trinajstić information content (AvgIpc) is 3.12. The lowest BCUT2D eigenvalue weighted by atomic mass is 10.0. The highest BCUT2D eigenvalue weighted by atomic mass is 35.5. The van der Waals surface area contributed by atoms with Crippen molar-refractivity contribution in [3.05, 3.63) is 70.3 Å². The normalized spacial score (nSPS) is 11.1. The van der Waals surface area contributed by atoms with Gasteiger partial charge in [0.05, 0.1) is 5.75 Å². The highest BCUT2D eigenvalue weighted by Gasteiger charge is 2.17. The molecular weight excluding hydrogens is 453 g/mol. The van der Waals surface area contributed by atoms with E-state index in [1.165, 1.54) is 27.3 Å². The molecule has 0 aliphatic rings. The van der Waals surface area contributed by atoms with Crippen LogP contribution in [0.15, 0.2) is 47.6 Å². The van der Waals surface area contributed by atoms with E-state index in [-0.39, 0.29) is 35.4 Å². The zero-order chi connectivity index (χ0) is 23.3. The van der Waals surface area contributed by atoms with Gasteiger partial charge in [-0.05, 0) is 35.7 Å². The Morgan fingerprint density at radius 2 is 1.97 bits per heavy atom. The van der Waals surface area contributed by atoms with Gasteiger partial charge >= 0.3 is 0 Å². The molecular formula is C22H25ClFN5O2S. The molecule has 3 aromatic rings. The Bertz CT molecular complexity index is 1050. The fourth-order valence-corrected chi connectivity index (χ4v) is 3.88. The molecule has 0 unspecified atom stereocenters. The number of nitrogen functional groups attached to an aromatic ring is 1. The maximum atomic E-state index is 14.0. The van der Waals surface area contributed by atoms with Crippen molar-refractivity contribution in [1.82, 2.24) is 19.8 Å². The number of benzene rings is 2. The third-order valence-electron chi connectivity index (χ3n) is 4.86. The summed E-state index contributed by atoms with van der Waals surface area (Å²) in [6, 6.07) is 12.3. The van der Waals surface area contributed by atoms with Gasteiger partial charge < -0.3 is 15.5 Å². The Morgan fingerprint density at radius 1 is 1.25 bits per heavy atom. The number of thioether (sulfide) groups is 1. The molecule has 1 heterocycles. The van der Waals surface area contributed by atoms with Crippen LogP contribution in [0.5, 0.6) is 5.75 Å². The van der Waals surface area contributed by atoms with Gasteiger partial charge in [-0.25, -0.2) is 9.07 Å². The van der Waals surface area contributed by atoms with Crippen molar-refractivity contribution in [1.29, 1.82) is 0 Å². The van der Waals surface area contributed by atoms with Crippen LogP contribution in [0, 0.1) is 5.82 Å². The van der Waals surface area contributed by atoms with Crippen LogP contribution in [0.25, 0.3) is 0 Å². The first-order valence-electron chi connectivity index (χ1n) is 9.98. The molecule has 0 saturated carbocycles. The van der Waals surface area contributed by atoms with Crippen molar-refractivity contribution in [2.45, 2.75) is 38.1 Å². The average molecular weight is 478 g/mol. The lowest BCUT2D eigenvalue weighted by molar-refractivity contribution is -0.127. The van der Waals surface area contributed by atoms with Crippen LogP contribution < -0.4 is 10.6 Å². The Balaban J connectivity index is 1.53. The summed E-state index contributed by atoms with van der Waals surface area (Å²) in [5.41, 5.74) is 1.50. The van der Waals surface area contributed by atoms with Crippen LogP contribution in [-0.2, 0) is 17.9 Å². The smallest absolute Gasteiger partial charge is 0.233 e. The molecule has 170 valence electrons. The standard InChI is InChI=1S/C22H25ClFN5O2S/c1-14(2)15-7-9-16(10-8-15)31-12-20-26-27-22(29(20)25)32-13-21(30)28(3)11-17-18(23)5-4-6-19(17)24/h4-10,14H,11-13,25H2,1-3H3. The van der Waals surface area contributed by atoms with Crippen molar-refractivity contribution in [2.75, 3.05) is 18.6 Å². The number of halogens is 2. The minimum Gasteiger partial charge on any atom is -0.486 e. The van der Waals surface area contributed by atoms with E-state index in [0.29, 0.717) is 22.6 Å². The van der Waals surface area contributed by atoms with Crippen molar-refractivity contribution < 1.29 is 13.9 Å². The van der Waals surface area contributed by atoms with Crippen LogP contribution in [0.3, 0.4) is 0 Å². The summed E-state index contributed by atoms with van der Waals surface area (Å²) in [5, 5.41) is 8.73. The molecule has 0 aliphatic heterocycles. The minimum absolute atomic E-state index is 0.0644. The molecule has 0 radical (unpaired) electrons. The Kier molecular flexibility index (Phi) is 7.98. The van der Waals surface area contributed by atoms with Crippen molar-refractivity contribution in [3.63, 3.8) is 0 Å². The number of aromatic nitrogens is 3. The van der Waals surface area contributed by atoms with E-state index >= 15 is 0 Å². The summed E-state index contributed by atoms with van der Waals surface area (Å²) in [5.74, 6) is 7.03. The molecule has 0 aliphatic carbocycles. The first kappa shape index (κ1) is 23.9. The third-order valence-corrected chi connectivity index (χ3v) is 6.14.